The number of carbonyl (C=O) groups is 3. The Morgan fingerprint density at radius 1 is 1.09 bits per heavy atom. The van der Waals surface area contributed by atoms with Crippen LogP contribution in [0, 0.1) is 0 Å². The van der Waals surface area contributed by atoms with Gasteiger partial charge in [-0.3, -0.25) is 9.59 Å². The van der Waals surface area contributed by atoms with Crippen molar-refractivity contribution in [1.29, 1.82) is 0 Å². The van der Waals surface area contributed by atoms with Gasteiger partial charge in [-0.15, -0.1) is 0 Å². The number of aliphatic carboxylic acids is 1. The predicted molar refractivity (Wildman–Crippen MR) is 83.6 cm³/mol. The molecule has 9 heteroatoms. The fourth-order valence-corrected chi connectivity index (χ4v) is 2.80. The zero-order chi connectivity index (χ0) is 17.5. The predicted octanol–water partition coefficient (Wildman–Crippen LogP) is 0.0193. The van der Waals surface area contributed by atoms with E-state index in [-0.39, 0.29) is 6.42 Å². The Balaban J connectivity index is 2.57. The fraction of sp³-hybridized carbons (Fsp3) is 0.357. The van der Waals surface area contributed by atoms with Crippen molar-refractivity contribution in [3.8, 4) is 0 Å². The molecular weight excluding hydrogens is 324 g/mol. The van der Waals surface area contributed by atoms with E-state index in [4.69, 9.17) is 5.11 Å². The number of hydrogen-bond acceptors (Lipinski definition) is 5. The van der Waals surface area contributed by atoms with Crippen LogP contribution in [0.5, 0.6) is 0 Å². The number of amides is 2. The lowest BCUT2D eigenvalue weighted by molar-refractivity contribution is -0.141. The second kappa shape index (κ2) is 8.28. The summed E-state index contributed by atoms with van der Waals surface area (Å²) in [6.07, 6.45) is 0.121. The number of carboxylic acids is 1. The van der Waals surface area contributed by atoms with Gasteiger partial charge in [0.1, 0.15) is 17.5 Å². The number of anilines is 1. The van der Waals surface area contributed by atoms with Crippen molar-refractivity contribution < 1.29 is 27.9 Å². The minimum absolute atomic E-state index is 0.121. The molecule has 0 radical (unpaired) electrons. The molecule has 0 aliphatic carbocycles. The van der Waals surface area contributed by atoms with Crippen molar-refractivity contribution in [2.45, 2.75) is 19.4 Å². The van der Waals surface area contributed by atoms with Gasteiger partial charge in [-0.05, 0) is 18.6 Å². The number of nitrogens with one attached hydrogen (secondary N) is 2. The third kappa shape index (κ3) is 6.92. The molecule has 1 unspecified atom stereocenters. The summed E-state index contributed by atoms with van der Waals surface area (Å²) in [6.45, 7) is 1.54. The van der Waals surface area contributed by atoms with Gasteiger partial charge in [-0.25, -0.2) is 13.2 Å². The Bertz CT molecular complexity index is 672. The largest absolute Gasteiger partial charge is 0.480 e. The summed E-state index contributed by atoms with van der Waals surface area (Å²) < 4.78 is 23.6. The van der Waals surface area contributed by atoms with Crippen LogP contribution in [0.2, 0.25) is 0 Å². The molecule has 1 aromatic rings. The highest BCUT2D eigenvalue weighted by Crippen LogP contribution is 2.05. The van der Waals surface area contributed by atoms with Crippen LogP contribution in [0.3, 0.4) is 0 Å². The number of hydrogen-bond donors (Lipinski definition) is 3. The normalized spacial score (nSPS) is 12.2. The Morgan fingerprint density at radius 3 is 2.17 bits per heavy atom. The maximum atomic E-state index is 11.8. The van der Waals surface area contributed by atoms with Gasteiger partial charge in [0.2, 0.25) is 11.8 Å². The molecule has 2 amide bonds. The molecule has 0 aliphatic heterocycles. The Morgan fingerprint density at radius 2 is 1.65 bits per heavy atom. The van der Waals surface area contributed by atoms with Gasteiger partial charge in [0.25, 0.3) is 0 Å². The fourth-order valence-electron chi connectivity index (χ4n) is 1.74. The summed E-state index contributed by atoms with van der Waals surface area (Å²) in [4.78, 5) is 34.1. The molecule has 0 aliphatic rings. The summed E-state index contributed by atoms with van der Waals surface area (Å²) in [6, 6.07) is 7.12. The highest BCUT2D eigenvalue weighted by atomic mass is 32.2. The molecule has 0 fully saturated rings. The van der Waals surface area contributed by atoms with Gasteiger partial charge < -0.3 is 15.7 Å². The lowest BCUT2D eigenvalue weighted by atomic mass is 10.2. The quantitative estimate of drug-likeness (QED) is 0.610. The maximum absolute atomic E-state index is 11.8. The van der Waals surface area contributed by atoms with Crippen LogP contribution in [0.4, 0.5) is 5.69 Å². The highest BCUT2D eigenvalue weighted by Gasteiger charge is 2.24. The van der Waals surface area contributed by atoms with E-state index >= 15 is 0 Å². The molecule has 0 saturated heterocycles. The number of sulfone groups is 1. The molecule has 1 atom stereocenters. The topological polar surface area (TPSA) is 130 Å². The van der Waals surface area contributed by atoms with Crippen LogP contribution >= 0.6 is 0 Å². The first-order chi connectivity index (χ1) is 10.7. The molecule has 8 nitrogen and oxygen atoms in total. The lowest BCUT2D eigenvalue weighted by Gasteiger charge is -2.12. The molecule has 1 rings (SSSR count). The summed E-state index contributed by atoms with van der Waals surface area (Å²) >= 11 is 0. The van der Waals surface area contributed by atoms with Crippen LogP contribution < -0.4 is 10.6 Å². The van der Waals surface area contributed by atoms with Crippen LogP contribution in [-0.2, 0) is 24.2 Å². The number of benzene rings is 1. The van der Waals surface area contributed by atoms with Gasteiger partial charge in [0, 0.05) is 5.69 Å². The summed E-state index contributed by atoms with van der Waals surface area (Å²) in [7, 11) is -4.00. The molecule has 3 N–H and O–H groups in total. The van der Waals surface area contributed by atoms with Gasteiger partial charge in [0.15, 0.2) is 9.84 Å². The van der Waals surface area contributed by atoms with Crippen molar-refractivity contribution in [2.24, 2.45) is 0 Å². The van der Waals surface area contributed by atoms with Gasteiger partial charge in [0.05, 0.1) is 0 Å². The molecule has 0 heterocycles. The first-order valence-corrected chi connectivity index (χ1v) is 8.63. The Kier molecular flexibility index (Phi) is 6.70. The van der Waals surface area contributed by atoms with Crippen LogP contribution in [-0.4, -0.2) is 48.9 Å². The molecule has 0 bridgehead atoms. The molecule has 126 valence electrons. The highest BCUT2D eigenvalue weighted by molar-refractivity contribution is 7.92. The zero-order valence-electron chi connectivity index (χ0n) is 12.5. The van der Waals surface area contributed by atoms with Crippen molar-refractivity contribution in [1.82, 2.24) is 5.32 Å². The maximum Gasteiger partial charge on any atom is 0.326 e. The molecule has 0 aromatic heterocycles. The van der Waals surface area contributed by atoms with E-state index in [1.807, 2.05) is 0 Å². The van der Waals surface area contributed by atoms with E-state index < -0.39 is 45.2 Å². The average molecular weight is 342 g/mol. The molecule has 1 aromatic carbocycles. The monoisotopic (exact) mass is 342 g/mol. The number of para-hydroxylation sites is 1. The standard InChI is InChI=1S/C14H18N2O6S/c1-2-11(14(19)20)16-13(18)9-23(21,22)8-12(17)15-10-6-4-3-5-7-10/h3-7,11H,2,8-9H2,1H3,(H,15,17)(H,16,18)(H,19,20). The minimum Gasteiger partial charge on any atom is -0.480 e. The van der Waals surface area contributed by atoms with E-state index in [0.29, 0.717) is 5.69 Å². The first-order valence-electron chi connectivity index (χ1n) is 6.81. The Hall–Kier alpha value is -2.42. The third-order valence-corrected chi connectivity index (χ3v) is 4.21. The second-order valence-electron chi connectivity index (χ2n) is 4.81. The molecule has 23 heavy (non-hydrogen) atoms. The van der Waals surface area contributed by atoms with Crippen molar-refractivity contribution in [2.75, 3.05) is 16.8 Å². The molecule has 0 spiro atoms. The van der Waals surface area contributed by atoms with Crippen molar-refractivity contribution in [3.05, 3.63) is 30.3 Å². The summed E-state index contributed by atoms with van der Waals surface area (Å²) in [5.74, 6) is -4.78. The number of carbonyl (C=O) groups excluding carboxylic acids is 2. The lowest BCUT2D eigenvalue weighted by Crippen LogP contribution is -2.43. The van der Waals surface area contributed by atoms with Crippen LogP contribution in [0.15, 0.2) is 30.3 Å². The third-order valence-electron chi connectivity index (χ3n) is 2.80. The number of carboxylic acid groups (broad SMARTS) is 1. The number of rotatable bonds is 8. The van der Waals surface area contributed by atoms with Gasteiger partial charge in [-0.2, -0.15) is 0 Å². The Labute approximate surface area is 133 Å². The van der Waals surface area contributed by atoms with E-state index in [0.717, 1.165) is 0 Å². The second-order valence-corrected chi connectivity index (χ2v) is 6.88. The summed E-state index contributed by atoms with van der Waals surface area (Å²) in [5, 5.41) is 13.3. The summed E-state index contributed by atoms with van der Waals surface area (Å²) in [5.41, 5.74) is 0.439. The van der Waals surface area contributed by atoms with Crippen molar-refractivity contribution >= 4 is 33.3 Å². The van der Waals surface area contributed by atoms with E-state index in [9.17, 15) is 22.8 Å². The van der Waals surface area contributed by atoms with Gasteiger partial charge in [-0.1, -0.05) is 25.1 Å². The van der Waals surface area contributed by atoms with Crippen LogP contribution in [0.1, 0.15) is 13.3 Å². The first kappa shape index (κ1) is 18.6. The average Bonchev–Trinajstić information content (AvgIpc) is 2.44. The minimum atomic E-state index is -4.00. The molecule has 0 saturated carbocycles. The SMILES string of the molecule is CCC(NC(=O)CS(=O)(=O)CC(=O)Nc1ccccc1)C(=O)O. The molecular formula is C14H18N2O6S. The van der Waals surface area contributed by atoms with E-state index in [2.05, 4.69) is 10.6 Å². The van der Waals surface area contributed by atoms with Crippen LogP contribution in [0.25, 0.3) is 0 Å². The van der Waals surface area contributed by atoms with E-state index in [1.165, 1.54) is 0 Å². The van der Waals surface area contributed by atoms with Gasteiger partial charge >= 0.3 is 5.97 Å². The van der Waals surface area contributed by atoms with Crippen molar-refractivity contribution in [3.63, 3.8) is 0 Å². The van der Waals surface area contributed by atoms with E-state index in [1.54, 1.807) is 37.3 Å². The smallest absolute Gasteiger partial charge is 0.326 e. The zero-order valence-corrected chi connectivity index (χ0v) is 13.3.